The molecule has 8 nitrogen and oxygen atoms in total. The molecule has 1 N–H and O–H groups in total. The number of nitrogens with zero attached hydrogens (tertiary/aromatic N) is 2. The van der Waals surface area contributed by atoms with E-state index in [2.05, 4.69) is 45.2 Å². The first-order valence-corrected chi connectivity index (χ1v) is 17.1. The molecule has 0 spiro atoms. The smallest absolute Gasteiger partial charge is 0.411 e. The van der Waals surface area contributed by atoms with Crippen LogP contribution in [0.5, 0.6) is 0 Å². The number of benzene rings is 2. The highest BCUT2D eigenvalue weighted by atomic mass is 28.4. The molecule has 3 amide bonds. The molecule has 0 aliphatic carbocycles. The van der Waals surface area contributed by atoms with Gasteiger partial charge in [0.05, 0.1) is 0 Å². The van der Waals surface area contributed by atoms with Gasteiger partial charge in [0.2, 0.25) is 11.8 Å². The van der Waals surface area contributed by atoms with E-state index in [-0.39, 0.29) is 29.9 Å². The second-order valence-corrected chi connectivity index (χ2v) is 17.9. The highest BCUT2D eigenvalue weighted by Crippen LogP contribution is 2.37. The van der Waals surface area contributed by atoms with Gasteiger partial charge in [0.1, 0.15) is 17.7 Å². The molecule has 220 valence electrons. The molecule has 0 bridgehead atoms. The number of carbonyl (C=O) groups excluding carboxylic acids is 3. The number of piperazine rings is 1. The molecule has 40 heavy (non-hydrogen) atoms. The summed E-state index contributed by atoms with van der Waals surface area (Å²) in [5, 5.41) is 4.96. The molecule has 1 saturated heterocycles. The van der Waals surface area contributed by atoms with Gasteiger partial charge in [-0.15, -0.1) is 0 Å². The van der Waals surface area contributed by atoms with Gasteiger partial charge in [-0.25, -0.2) is 4.79 Å². The quantitative estimate of drug-likeness (QED) is 0.433. The first-order valence-electron chi connectivity index (χ1n) is 14.2. The third kappa shape index (κ3) is 7.63. The number of nitrogens with one attached hydrogen (secondary N) is 1. The lowest BCUT2D eigenvalue weighted by Gasteiger charge is -2.44. The molecule has 3 rings (SSSR count). The van der Waals surface area contributed by atoms with Crippen molar-refractivity contribution in [1.29, 1.82) is 0 Å². The predicted molar refractivity (Wildman–Crippen MR) is 162 cm³/mol. The van der Waals surface area contributed by atoms with Crippen molar-refractivity contribution in [2.24, 2.45) is 0 Å². The first kappa shape index (κ1) is 31.6. The van der Waals surface area contributed by atoms with Gasteiger partial charge in [0.15, 0.2) is 8.32 Å². The van der Waals surface area contributed by atoms with Crippen LogP contribution >= 0.6 is 0 Å². The van der Waals surface area contributed by atoms with Gasteiger partial charge in [-0.3, -0.25) is 14.5 Å². The average molecular weight is 570 g/mol. The maximum atomic E-state index is 14.1. The van der Waals surface area contributed by atoms with Crippen molar-refractivity contribution in [1.82, 2.24) is 15.1 Å². The summed E-state index contributed by atoms with van der Waals surface area (Å²) < 4.78 is 12.0. The molecule has 9 heteroatoms. The van der Waals surface area contributed by atoms with E-state index >= 15 is 0 Å². The van der Waals surface area contributed by atoms with Crippen molar-refractivity contribution < 1.29 is 23.5 Å². The van der Waals surface area contributed by atoms with Crippen molar-refractivity contribution in [2.45, 2.75) is 90.2 Å². The number of ether oxygens (including phenoxy) is 1. The summed E-state index contributed by atoms with van der Waals surface area (Å²) in [5.41, 5.74) is 0.271. The number of rotatable bonds is 8. The second kappa shape index (κ2) is 12.3. The molecule has 0 saturated carbocycles. The molecule has 1 fully saturated rings. The third-order valence-electron chi connectivity index (χ3n) is 7.98. The topological polar surface area (TPSA) is 88.2 Å². The van der Waals surface area contributed by atoms with E-state index < -0.39 is 32.1 Å². The minimum Gasteiger partial charge on any atom is -0.444 e. The van der Waals surface area contributed by atoms with E-state index in [1.165, 1.54) is 4.90 Å². The lowest BCUT2D eigenvalue weighted by atomic mass is 9.98. The van der Waals surface area contributed by atoms with E-state index in [9.17, 15) is 14.4 Å². The largest absolute Gasteiger partial charge is 0.444 e. The van der Waals surface area contributed by atoms with E-state index in [0.29, 0.717) is 19.4 Å². The Bertz CT molecular complexity index is 1220. The van der Waals surface area contributed by atoms with Crippen molar-refractivity contribution >= 4 is 37.0 Å². The van der Waals surface area contributed by atoms with Gasteiger partial charge in [-0.1, -0.05) is 63.2 Å². The lowest BCUT2D eigenvalue weighted by molar-refractivity contribution is -0.149. The van der Waals surface area contributed by atoms with Crippen molar-refractivity contribution in [2.75, 3.05) is 26.7 Å². The van der Waals surface area contributed by atoms with Crippen LogP contribution in [-0.2, 0) is 25.2 Å². The van der Waals surface area contributed by atoms with Gasteiger partial charge in [-0.2, -0.15) is 0 Å². The zero-order valence-electron chi connectivity index (χ0n) is 25.7. The molecular formula is C31H47N3O5Si. The SMILES string of the molecule is CNC(=O)C(Cc1ccc2ccccc2c1)N1CCN(C(=O)OC(C)(C)C)C(CCO[Si](C)(C)C(C)(C)C)C1=O. The van der Waals surface area contributed by atoms with Crippen LogP contribution in [0.4, 0.5) is 4.79 Å². The summed E-state index contributed by atoms with van der Waals surface area (Å²) in [6, 6.07) is 12.7. The molecule has 0 radical (unpaired) electrons. The molecule has 1 heterocycles. The molecule has 2 atom stereocenters. The fraction of sp³-hybridized carbons (Fsp3) is 0.581. The summed E-state index contributed by atoms with van der Waals surface area (Å²) >= 11 is 0. The Balaban J connectivity index is 1.88. The van der Waals surface area contributed by atoms with Crippen LogP contribution in [0.3, 0.4) is 0 Å². The Hall–Kier alpha value is -2.91. The molecular weight excluding hydrogens is 522 g/mol. The summed E-state index contributed by atoms with van der Waals surface area (Å²) in [5.74, 6) is -0.492. The van der Waals surface area contributed by atoms with Gasteiger partial charge in [0.25, 0.3) is 0 Å². The van der Waals surface area contributed by atoms with E-state index in [4.69, 9.17) is 9.16 Å². The lowest BCUT2D eigenvalue weighted by Crippen LogP contribution is -2.64. The van der Waals surface area contributed by atoms with Crippen LogP contribution in [0.1, 0.15) is 53.5 Å². The number of hydrogen-bond donors (Lipinski definition) is 1. The Morgan fingerprint density at radius 3 is 2.27 bits per heavy atom. The Morgan fingerprint density at radius 1 is 1.02 bits per heavy atom. The summed E-state index contributed by atoms with van der Waals surface area (Å²) in [4.78, 5) is 43.6. The van der Waals surface area contributed by atoms with Crippen molar-refractivity contribution in [3.05, 3.63) is 48.0 Å². The Kier molecular flexibility index (Phi) is 9.72. The molecule has 2 aromatic rings. The predicted octanol–water partition coefficient (Wildman–Crippen LogP) is 5.36. The minimum atomic E-state index is -2.06. The maximum Gasteiger partial charge on any atom is 0.411 e. The van der Waals surface area contributed by atoms with Gasteiger partial charge in [-0.05, 0) is 61.7 Å². The number of likely N-dealkylation sites (N-methyl/N-ethyl adjacent to an activating group) is 1. The zero-order chi connectivity index (χ0) is 29.9. The number of amides is 3. The van der Waals surface area contributed by atoms with Crippen LogP contribution in [0, 0.1) is 0 Å². The fourth-order valence-electron chi connectivity index (χ4n) is 4.68. The number of hydrogen-bond acceptors (Lipinski definition) is 5. The zero-order valence-corrected chi connectivity index (χ0v) is 26.7. The monoisotopic (exact) mass is 569 g/mol. The van der Waals surface area contributed by atoms with E-state index in [1.54, 1.807) is 11.9 Å². The molecule has 2 aromatic carbocycles. The van der Waals surface area contributed by atoms with Crippen molar-refractivity contribution in [3.8, 4) is 0 Å². The Labute approximate surface area is 240 Å². The molecule has 0 aromatic heterocycles. The molecule has 1 aliphatic heterocycles. The number of fused-ring (bicyclic) bond motifs is 1. The standard InChI is InChI=1S/C31H47N3O5Si/c1-30(2,3)39-29(37)34-18-17-33(28(36)25(34)16-19-38-40(8,9)31(4,5)6)26(27(35)32-7)21-22-14-15-23-12-10-11-13-24(23)20-22/h10-15,20,25-26H,16-19,21H2,1-9H3,(H,32,35). The fourth-order valence-corrected chi connectivity index (χ4v) is 5.74. The van der Waals surface area contributed by atoms with Crippen LogP contribution in [0.15, 0.2) is 42.5 Å². The number of carbonyl (C=O) groups is 3. The van der Waals surface area contributed by atoms with Gasteiger partial charge in [0, 0.05) is 33.2 Å². The van der Waals surface area contributed by atoms with Gasteiger partial charge >= 0.3 is 6.09 Å². The average Bonchev–Trinajstić information content (AvgIpc) is 2.86. The van der Waals surface area contributed by atoms with Crippen LogP contribution < -0.4 is 5.32 Å². The normalized spacial score (nSPS) is 17.6. The summed E-state index contributed by atoms with van der Waals surface area (Å²) in [6.45, 7) is 17.1. The third-order valence-corrected chi connectivity index (χ3v) is 12.5. The highest BCUT2D eigenvalue weighted by molar-refractivity contribution is 6.74. The first-order chi connectivity index (χ1) is 18.5. The summed E-state index contributed by atoms with van der Waals surface area (Å²) in [6.07, 6.45) is 0.178. The molecule has 1 aliphatic rings. The van der Waals surface area contributed by atoms with E-state index in [0.717, 1.165) is 16.3 Å². The van der Waals surface area contributed by atoms with Gasteiger partial charge < -0.3 is 19.4 Å². The van der Waals surface area contributed by atoms with Crippen molar-refractivity contribution in [3.63, 3.8) is 0 Å². The Morgan fingerprint density at radius 2 is 1.68 bits per heavy atom. The highest BCUT2D eigenvalue weighted by Gasteiger charge is 2.44. The molecule has 2 unspecified atom stereocenters. The van der Waals surface area contributed by atoms with Crippen LogP contribution in [0.25, 0.3) is 10.8 Å². The maximum absolute atomic E-state index is 14.1. The second-order valence-electron chi connectivity index (χ2n) is 13.1. The summed E-state index contributed by atoms with van der Waals surface area (Å²) in [7, 11) is -0.474. The van der Waals surface area contributed by atoms with Crippen LogP contribution in [-0.4, -0.2) is 80.5 Å². The minimum absolute atomic E-state index is 0.0185. The van der Waals surface area contributed by atoms with Crippen LogP contribution in [0.2, 0.25) is 18.1 Å². The van der Waals surface area contributed by atoms with E-state index in [1.807, 2.05) is 57.2 Å².